The Balaban J connectivity index is 1.30. The maximum absolute atomic E-state index is 14.5. The number of aliphatic hydroxyl groups excluding tert-OH is 1. The van der Waals surface area contributed by atoms with Gasteiger partial charge in [-0.05, 0) is 86.8 Å². The summed E-state index contributed by atoms with van der Waals surface area (Å²) < 4.78 is 57.4. The number of esters is 1. The first kappa shape index (κ1) is 30.2. The third-order valence-corrected chi connectivity index (χ3v) is 8.94. The van der Waals surface area contributed by atoms with Gasteiger partial charge in [0.2, 0.25) is 0 Å². The second-order valence-electron chi connectivity index (χ2n) is 11.8. The van der Waals surface area contributed by atoms with Gasteiger partial charge in [0.1, 0.15) is 11.9 Å². The summed E-state index contributed by atoms with van der Waals surface area (Å²) in [7, 11) is 0. The smallest absolute Gasteiger partial charge is 0.337 e. The van der Waals surface area contributed by atoms with Crippen LogP contribution in [0.2, 0.25) is 0 Å². The summed E-state index contributed by atoms with van der Waals surface area (Å²) in [4.78, 5) is 17.6. The van der Waals surface area contributed by atoms with Gasteiger partial charge in [-0.2, -0.15) is 5.10 Å². The molecule has 2 aromatic carbocycles. The van der Waals surface area contributed by atoms with Crippen molar-refractivity contribution >= 4 is 16.9 Å². The predicted octanol–water partition coefficient (Wildman–Crippen LogP) is 6.51. The van der Waals surface area contributed by atoms with Crippen molar-refractivity contribution in [1.82, 2.24) is 19.3 Å². The molecule has 1 aliphatic heterocycles. The Bertz CT molecular complexity index is 1630. The predicted molar refractivity (Wildman–Crippen MR) is 159 cm³/mol. The van der Waals surface area contributed by atoms with Crippen LogP contribution in [-0.4, -0.2) is 55.9 Å². The number of ether oxygens (including phenoxy) is 2. The average Bonchev–Trinajstić information content (AvgIpc) is 3.70. The monoisotopic (exact) mass is 610 g/mol. The Hall–Kier alpha value is -3.86. The molecule has 6 rings (SSSR count). The lowest BCUT2D eigenvalue weighted by Gasteiger charge is -2.25. The summed E-state index contributed by atoms with van der Waals surface area (Å²) in [5.41, 5.74) is 3.03. The Labute approximate surface area is 253 Å². The number of aromatic nitrogens is 4. The SMILES string of the molecule is CCOC(=O)C(c1ncn2c1C[C@@H](F)C2)n1cc2c(C(F)F)cc(-c3ccc(OCCC4CCC(O)CC4)cc3)c(C)c2n1. The van der Waals surface area contributed by atoms with Gasteiger partial charge < -0.3 is 19.1 Å². The van der Waals surface area contributed by atoms with Crippen LogP contribution in [0.4, 0.5) is 13.2 Å². The van der Waals surface area contributed by atoms with E-state index in [0.717, 1.165) is 37.7 Å². The van der Waals surface area contributed by atoms with Crippen LogP contribution in [0.3, 0.4) is 0 Å². The highest BCUT2D eigenvalue weighted by molar-refractivity contribution is 5.92. The lowest BCUT2D eigenvalue weighted by atomic mass is 9.86. The minimum absolute atomic E-state index is 0.0991. The lowest BCUT2D eigenvalue weighted by molar-refractivity contribution is -0.146. The van der Waals surface area contributed by atoms with Gasteiger partial charge >= 0.3 is 5.97 Å². The van der Waals surface area contributed by atoms with Crippen LogP contribution in [-0.2, 0) is 22.5 Å². The molecule has 3 heterocycles. The summed E-state index contributed by atoms with van der Waals surface area (Å²) in [6, 6.07) is 7.68. The second kappa shape index (κ2) is 12.6. The van der Waals surface area contributed by atoms with Crippen molar-refractivity contribution < 1.29 is 32.5 Å². The number of fused-ring (bicyclic) bond motifs is 2. The van der Waals surface area contributed by atoms with E-state index in [-0.39, 0.29) is 36.6 Å². The highest BCUT2D eigenvalue weighted by Crippen LogP contribution is 2.38. The molecule has 234 valence electrons. The highest BCUT2D eigenvalue weighted by Gasteiger charge is 2.35. The molecule has 0 amide bonds. The Morgan fingerprint density at radius 1 is 1.16 bits per heavy atom. The number of aliphatic hydroxyl groups is 1. The molecule has 4 aromatic rings. The fourth-order valence-electron chi connectivity index (χ4n) is 6.55. The first-order chi connectivity index (χ1) is 21.2. The standard InChI is InChI=1S/C33H37F3N4O4/c1-3-43-33(42)31(30-28-14-22(34)16-39(28)18-37-30)40-17-27-26(32(35)36)15-25(19(2)29(27)38-40)21-6-10-24(11-7-21)44-13-12-20-4-8-23(41)9-5-20/h6-7,10-11,15,17-18,20,22-23,31-32,41H,3-5,8-9,12-14,16H2,1-2H3/t20?,22-,23?,31?/m1/s1. The molecule has 44 heavy (non-hydrogen) atoms. The van der Waals surface area contributed by atoms with Crippen molar-refractivity contribution in [2.75, 3.05) is 13.2 Å². The molecule has 1 aliphatic carbocycles. The molecular formula is C33H37F3N4O4. The van der Waals surface area contributed by atoms with E-state index in [1.165, 1.54) is 23.3 Å². The number of benzene rings is 2. The largest absolute Gasteiger partial charge is 0.494 e. The zero-order chi connectivity index (χ0) is 31.0. The van der Waals surface area contributed by atoms with E-state index in [9.17, 15) is 23.1 Å². The zero-order valence-corrected chi connectivity index (χ0v) is 24.9. The van der Waals surface area contributed by atoms with Crippen molar-refractivity contribution in [3.63, 3.8) is 0 Å². The molecule has 0 saturated heterocycles. The maximum atomic E-state index is 14.5. The molecule has 1 N–H and O–H groups in total. The summed E-state index contributed by atoms with van der Waals surface area (Å²) in [5, 5.41) is 14.6. The number of aryl methyl sites for hydroxylation is 1. The first-order valence-electron chi connectivity index (χ1n) is 15.3. The summed E-state index contributed by atoms with van der Waals surface area (Å²) in [6.45, 7) is 4.32. The fraction of sp³-hybridized carbons (Fsp3) is 0.485. The number of hydrogen-bond donors (Lipinski definition) is 1. The van der Waals surface area contributed by atoms with Crippen molar-refractivity contribution in [2.45, 2.75) is 83.7 Å². The van der Waals surface area contributed by atoms with Gasteiger partial charge in [0, 0.05) is 29.3 Å². The van der Waals surface area contributed by atoms with E-state index in [0.29, 0.717) is 46.3 Å². The fourth-order valence-corrected chi connectivity index (χ4v) is 6.55. The van der Waals surface area contributed by atoms with Crippen molar-refractivity contribution in [3.05, 3.63) is 65.4 Å². The average molecular weight is 611 g/mol. The van der Waals surface area contributed by atoms with Crippen LogP contribution < -0.4 is 4.74 Å². The number of halogens is 3. The summed E-state index contributed by atoms with van der Waals surface area (Å²) >= 11 is 0. The number of imidazole rings is 1. The number of hydrogen-bond acceptors (Lipinski definition) is 6. The molecular weight excluding hydrogens is 573 g/mol. The van der Waals surface area contributed by atoms with Crippen molar-refractivity contribution in [2.24, 2.45) is 5.92 Å². The summed E-state index contributed by atoms with van der Waals surface area (Å²) in [6.07, 6.45) is 3.60. The van der Waals surface area contributed by atoms with Gasteiger partial charge in [-0.25, -0.2) is 22.9 Å². The quantitative estimate of drug-likeness (QED) is 0.206. The maximum Gasteiger partial charge on any atom is 0.337 e. The third kappa shape index (κ3) is 5.94. The van der Waals surface area contributed by atoms with Crippen molar-refractivity contribution in [1.29, 1.82) is 0 Å². The van der Waals surface area contributed by atoms with Gasteiger partial charge in [-0.1, -0.05) is 12.1 Å². The molecule has 2 atom stereocenters. The molecule has 11 heteroatoms. The Kier molecular flexibility index (Phi) is 8.66. The number of nitrogens with zero attached hydrogens (tertiary/aromatic N) is 4. The topological polar surface area (TPSA) is 91.4 Å². The highest BCUT2D eigenvalue weighted by atomic mass is 19.3. The van der Waals surface area contributed by atoms with Crippen LogP contribution in [0.15, 0.2) is 42.9 Å². The molecule has 1 saturated carbocycles. The van der Waals surface area contributed by atoms with E-state index in [4.69, 9.17) is 9.47 Å². The van der Waals surface area contributed by atoms with E-state index in [2.05, 4.69) is 10.1 Å². The van der Waals surface area contributed by atoms with Gasteiger partial charge in [0.15, 0.2) is 6.04 Å². The Morgan fingerprint density at radius 2 is 1.91 bits per heavy atom. The van der Waals surface area contributed by atoms with E-state index >= 15 is 0 Å². The van der Waals surface area contributed by atoms with E-state index < -0.39 is 24.6 Å². The number of carbonyl (C=O) groups is 1. The minimum atomic E-state index is -2.79. The number of carbonyl (C=O) groups excluding carboxylic acids is 1. The molecule has 0 bridgehead atoms. The van der Waals surface area contributed by atoms with Crippen LogP contribution in [0, 0.1) is 12.8 Å². The molecule has 0 spiro atoms. The minimum Gasteiger partial charge on any atom is -0.494 e. The van der Waals surface area contributed by atoms with E-state index in [1.807, 2.05) is 31.2 Å². The van der Waals surface area contributed by atoms with Gasteiger partial charge in [0.05, 0.1) is 43.4 Å². The third-order valence-electron chi connectivity index (χ3n) is 8.94. The lowest BCUT2D eigenvalue weighted by Crippen LogP contribution is -2.25. The molecule has 1 unspecified atom stereocenters. The Morgan fingerprint density at radius 3 is 2.61 bits per heavy atom. The molecule has 0 radical (unpaired) electrons. The second-order valence-corrected chi connectivity index (χ2v) is 11.8. The zero-order valence-electron chi connectivity index (χ0n) is 24.9. The molecule has 2 aromatic heterocycles. The molecule has 2 aliphatic rings. The van der Waals surface area contributed by atoms with E-state index in [1.54, 1.807) is 11.5 Å². The summed E-state index contributed by atoms with van der Waals surface area (Å²) in [5.74, 6) is 0.609. The first-order valence-corrected chi connectivity index (χ1v) is 15.3. The number of alkyl halides is 3. The van der Waals surface area contributed by atoms with Gasteiger partial charge in [-0.15, -0.1) is 0 Å². The number of rotatable bonds is 10. The van der Waals surface area contributed by atoms with Crippen molar-refractivity contribution in [3.8, 4) is 16.9 Å². The van der Waals surface area contributed by atoms with Crippen LogP contribution >= 0.6 is 0 Å². The van der Waals surface area contributed by atoms with Crippen LogP contribution in [0.5, 0.6) is 5.75 Å². The van der Waals surface area contributed by atoms with Crippen LogP contribution in [0.25, 0.3) is 22.0 Å². The van der Waals surface area contributed by atoms with Gasteiger partial charge in [0.25, 0.3) is 6.43 Å². The molecule has 8 nitrogen and oxygen atoms in total. The van der Waals surface area contributed by atoms with Gasteiger partial charge in [-0.3, -0.25) is 4.68 Å². The van der Waals surface area contributed by atoms with Crippen LogP contribution in [0.1, 0.15) is 74.0 Å². The normalized spacial score (nSPS) is 20.7. The molecule has 1 fully saturated rings.